The van der Waals surface area contributed by atoms with Gasteiger partial charge in [-0.05, 0) is 96.5 Å². The van der Waals surface area contributed by atoms with Crippen LogP contribution in [0.3, 0.4) is 0 Å². The molecule has 0 unspecified atom stereocenters. The van der Waals surface area contributed by atoms with Crippen LogP contribution in [-0.2, 0) is 11.2 Å². The Labute approximate surface area is 262 Å². The highest BCUT2D eigenvalue weighted by molar-refractivity contribution is 6.30. The number of primary amides is 1. The quantitative estimate of drug-likeness (QED) is 0.180. The van der Waals surface area contributed by atoms with Crippen molar-refractivity contribution in [1.82, 2.24) is 9.78 Å². The first-order chi connectivity index (χ1) is 20.9. The Morgan fingerprint density at radius 3 is 1.93 bits per heavy atom. The van der Waals surface area contributed by atoms with Crippen LogP contribution >= 0.6 is 23.2 Å². The van der Waals surface area contributed by atoms with Crippen LogP contribution in [0.5, 0.6) is 0 Å². The minimum absolute atomic E-state index is 0.0513. The normalized spacial score (nSPS) is 15.8. The fraction of sp³-hybridized carbons (Fsp3) is 0.278. The number of amides is 1. The molecule has 43 heavy (non-hydrogen) atoms. The number of carbonyl (C=O) groups is 1. The molecule has 1 aromatic heterocycles. The Morgan fingerprint density at radius 1 is 0.791 bits per heavy atom. The minimum atomic E-state index is -0.302. The van der Waals surface area contributed by atoms with Crippen molar-refractivity contribution >= 4 is 45.7 Å². The van der Waals surface area contributed by atoms with E-state index in [4.69, 9.17) is 34.0 Å². The third-order valence-corrected chi connectivity index (χ3v) is 9.46. The average Bonchev–Trinajstić information content (AvgIpc) is 3.79. The molecule has 0 bridgehead atoms. The van der Waals surface area contributed by atoms with Gasteiger partial charge >= 0.3 is 0 Å². The van der Waals surface area contributed by atoms with Gasteiger partial charge in [0.05, 0.1) is 18.0 Å². The molecule has 5 nitrogen and oxygen atoms in total. The summed E-state index contributed by atoms with van der Waals surface area (Å²) in [6.45, 7) is 1.96. The Hall–Kier alpha value is -3.80. The van der Waals surface area contributed by atoms with Crippen LogP contribution in [0, 0.1) is 0 Å². The number of benzene rings is 4. The molecule has 5 aromatic rings. The lowest BCUT2D eigenvalue weighted by Gasteiger charge is -2.34. The number of nitrogens with zero attached hydrogens (tertiary/aromatic N) is 3. The molecule has 4 aromatic carbocycles. The number of halogens is 2. The number of rotatable bonds is 8. The minimum Gasteiger partial charge on any atom is -0.371 e. The lowest BCUT2D eigenvalue weighted by Crippen LogP contribution is -2.33. The molecule has 2 fully saturated rings. The largest absolute Gasteiger partial charge is 0.371 e. The Kier molecular flexibility index (Phi) is 7.62. The SMILES string of the molecule is NC(=O)Cc1ccc(N2CCC(c3c4cc(C(c5ccc(Cl)cc5)c5ccc(Cl)cc5)ccc4nn3C3CC3)CC2)cc1. The van der Waals surface area contributed by atoms with E-state index in [1.165, 1.54) is 46.3 Å². The van der Waals surface area contributed by atoms with Gasteiger partial charge in [0.1, 0.15) is 0 Å². The highest BCUT2D eigenvalue weighted by atomic mass is 35.5. The van der Waals surface area contributed by atoms with Crippen LogP contribution < -0.4 is 10.6 Å². The van der Waals surface area contributed by atoms with E-state index in [9.17, 15) is 4.79 Å². The van der Waals surface area contributed by atoms with Crippen molar-refractivity contribution in [3.05, 3.63) is 129 Å². The van der Waals surface area contributed by atoms with E-state index in [2.05, 4.69) is 64.2 Å². The van der Waals surface area contributed by atoms with Crippen LogP contribution in [0.2, 0.25) is 10.0 Å². The molecule has 7 rings (SSSR count). The average molecular weight is 610 g/mol. The molecule has 2 N–H and O–H groups in total. The second-order valence-corrected chi connectivity index (χ2v) is 12.8. The summed E-state index contributed by atoms with van der Waals surface area (Å²) in [4.78, 5) is 13.8. The first-order valence-corrected chi connectivity index (χ1v) is 15.8. The summed E-state index contributed by atoms with van der Waals surface area (Å²) in [6, 6.07) is 31.9. The fourth-order valence-corrected chi connectivity index (χ4v) is 6.90. The zero-order valence-electron chi connectivity index (χ0n) is 23.9. The number of nitrogens with two attached hydrogens (primary N) is 1. The number of carbonyl (C=O) groups excluding carboxylic acids is 1. The molecule has 1 aliphatic heterocycles. The number of anilines is 1. The number of hydrogen-bond donors (Lipinski definition) is 1. The van der Waals surface area contributed by atoms with E-state index in [1.807, 2.05) is 36.4 Å². The van der Waals surface area contributed by atoms with Gasteiger partial charge in [-0.2, -0.15) is 5.10 Å². The topological polar surface area (TPSA) is 64.2 Å². The van der Waals surface area contributed by atoms with Gasteiger partial charge in [0.2, 0.25) is 5.91 Å². The summed E-state index contributed by atoms with van der Waals surface area (Å²) >= 11 is 12.6. The Morgan fingerprint density at radius 2 is 1.37 bits per heavy atom. The summed E-state index contributed by atoms with van der Waals surface area (Å²) in [7, 11) is 0. The van der Waals surface area contributed by atoms with Crippen molar-refractivity contribution in [2.75, 3.05) is 18.0 Å². The van der Waals surface area contributed by atoms with Crippen molar-refractivity contribution in [1.29, 1.82) is 0 Å². The van der Waals surface area contributed by atoms with Crippen LogP contribution in [-0.4, -0.2) is 28.8 Å². The molecule has 2 aliphatic rings. The molecule has 0 radical (unpaired) electrons. The van der Waals surface area contributed by atoms with Crippen LogP contribution in [0.1, 0.15) is 71.5 Å². The highest BCUT2D eigenvalue weighted by Gasteiger charge is 2.33. The van der Waals surface area contributed by atoms with Gasteiger partial charge in [0, 0.05) is 51.7 Å². The fourth-order valence-electron chi connectivity index (χ4n) is 6.65. The molecule has 1 saturated heterocycles. The van der Waals surface area contributed by atoms with E-state index in [1.54, 1.807) is 0 Å². The van der Waals surface area contributed by atoms with Crippen LogP contribution in [0.25, 0.3) is 10.9 Å². The highest BCUT2D eigenvalue weighted by Crippen LogP contribution is 2.44. The number of piperidine rings is 1. The summed E-state index contributed by atoms with van der Waals surface area (Å²) in [5.74, 6) is 0.190. The molecule has 1 amide bonds. The van der Waals surface area contributed by atoms with Crippen LogP contribution in [0.4, 0.5) is 5.69 Å². The summed E-state index contributed by atoms with van der Waals surface area (Å²) in [5, 5.41) is 7.89. The lowest BCUT2D eigenvalue weighted by atomic mass is 9.84. The first-order valence-electron chi connectivity index (χ1n) is 15.1. The van der Waals surface area contributed by atoms with Crippen molar-refractivity contribution in [2.24, 2.45) is 5.73 Å². The maximum absolute atomic E-state index is 11.3. The van der Waals surface area contributed by atoms with Gasteiger partial charge in [0.25, 0.3) is 0 Å². The van der Waals surface area contributed by atoms with E-state index < -0.39 is 0 Å². The van der Waals surface area contributed by atoms with E-state index >= 15 is 0 Å². The van der Waals surface area contributed by atoms with Gasteiger partial charge in [0.15, 0.2) is 0 Å². The zero-order valence-corrected chi connectivity index (χ0v) is 25.4. The molecular formula is C36H34Cl2N4O. The van der Waals surface area contributed by atoms with Crippen molar-refractivity contribution < 1.29 is 4.79 Å². The van der Waals surface area contributed by atoms with Crippen LogP contribution in [0.15, 0.2) is 91.0 Å². The predicted molar refractivity (Wildman–Crippen MR) is 175 cm³/mol. The van der Waals surface area contributed by atoms with Gasteiger partial charge in [-0.15, -0.1) is 0 Å². The van der Waals surface area contributed by atoms with Gasteiger partial charge < -0.3 is 10.6 Å². The first kappa shape index (κ1) is 28.0. The molecule has 1 aliphatic carbocycles. The molecule has 0 spiro atoms. The lowest BCUT2D eigenvalue weighted by molar-refractivity contribution is -0.117. The summed E-state index contributed by atoms with van der Waals surface area (Å²) in [6.07, 6.45) is 4.81. The molecule has 0 atom stereocenters. The molecular weight excluding hydrogens is 575 g/mol. The van der Waals surface area contributed by atoms with Gasteiger partial charge in [-0.25, -0.2) is 0 Å². The Bertz CT molecular complexity index is 1710. The number of fused-ring (bicyclic) bond motifs is 1. The second-order valence-electron chi connectivity index (χ2n) is 11.9. The molecule has 1 saturated carbocycles. The Balaban J connectivity index is 1.22. The smallest absolute Gasteiger partial charge is 0.221 e. The number of hydrogen-bond acceptors (Lipinski definition) is 3. The second kappa shape index (κ2) is 11.7. The zero-order chi connectivity index (χ0) is 29.5. The third kappa shape index (κ3) is 5.89. The van der Waals surface area contributed by atoms with Crippen molar-refractivity contribution in [3.8, 4) is 0 Å². The van der Waals surface area contributed by atoms with E-state index in [0.717, 1.165) is 47.1 Å². The van der Waals surface area contributed by atoms with Crippen molar-refractivity contribution in [2.45, 2.75) is 50.0 Å². The van der Waals surface area contributed by atoms with E-state index in [-0.39, 0.29) is 18.2 Å². The maximum atomic E-state index is 11.3. The van der Waals surface area contributed by atoms with Gasteiger partial charge in [-0.1, -0.05) is 65.7 Å². The monoisotopic (exact) mass is 608 g/mol. The summed E-state index contributed by atoms with van der Waals surface area (Å²) in [5.41, 5.74) is 13.6. The predicted octanol–water partition coefficient (Wildman–Crippen LogP) is 8.27. The number of aromatic nitrogens is 2. The van der Waals surface area contributed by atoms with Gasteiger partial charge in [-0.3, -0.25) is 9.48 Å². The molecule has 7 heteroatoms. The van der Waals surface area contributed by atoms with E-state index in [0.29, 0.717) is 12.0 Å². The summed E-state index contributed by atoms with van der Waals surface area (Å²) < 4.78 is 2.35. The third-order valence-electron chi connectivity index (χ3n) is 8.95. The van der Waals surface area contributed by atoms with Crippen molar-refractivity contribution in [3.63, 3.8) is 0 Å². The molecule has 218 valence electrons. The molecule has 2 heterocycles. The maximum Gasteiger partial charge on any atom is 0.221 e. The standard InChI is InChI=1S/C36H34Cl2N4O/c37-28-8-3-24(4-9-28)35(25-5-10-29(38)11-6-25)27-7-16-33-32(22-27)36(42(40-33)31-14-15-31)26-17-19-41(20-18-26)30-12-1-23(2-13-30)21-34(39)43/h1-13,16,22,26,31,35H,14-15,17-21H2,(H2,39,43).